The van der Waals surface area contributed by atoms with Crippen molar-refractivity contribution in [2.24, 2.45) is 7.05 Å². The van der Waals surface area contributed by atoms with Crippen molar-refractivity contribution in [2.75, 3.05) is 33.2 Å². The minimum absolute atomic E-state index is 0. The lowest BCUT2D eigenvalue weighted by Crippen LogP contribution is -2.52. The van der Waals surface area contributed by atoms with Crippen LogP contribution in [0.5, 0.6) is 0 Å². The summed E-state index contributed by atoms with van der Waals surface area (Å²) in [4.78, 5) is 14.7. The number of aromatic nitrogens is 3. The normalized spacial score (nSPS) is 16.6. The molecule has 1 aliphatic rings. The van der Waals surface area contributed by atoms with Gasteiger partial charge in [-0.15, -0.1) is 12.4 Å². The van der Waals surface area contributed by atoms with Crippen molar-refractivity contribution in [1.82, 2.24) is 29.5 Å². The van der Waals surface area contributed by atoms with Crippen molar-refractivity contribution in [3.8, 4) is 0 Å². The van der Waals surface area contributed by atoms with Gasteiger partial charge in [0.15, 0.2) is 5.76 Å². The average molecular weight is 433 g/mol. The number of nitrogens with zero attached hydrogens (tertiary/aromatic N) is 5. The van der Waals surface area contributed by atoms with Gasteiger partial charge in [-0.1, -0.05) is 5.16 Å². The number of likely N-dealkylation sites (N-methyl/N-ethyl adjacent to an activating group) is 1. The summed E-state index contributed by atoms with van der Waals surface area (Å²) in [7, 11) is -0.187. The number of hydrogen-bond acceptors (Lipinski definition) is 7. The Labute approximate surface area is 170 Å². The second-order valence-corrected chi connectivity index (χ2v) is 8.43. The monoisotopic (exact) mass is 432 g/mol. The average Bonchev–Trinajstić information content (AvgIpc) is 3.21. The topological polar surface area (TPSA) is 114 Å². The Balaban J connectivity index is 0.00000280. The lowest BCUT2D eigenvalue weighted by molar-refractivity contribution is -0.134. The first-order valence-electron chi connectivity index (χ1n) is 8.63. The smallest absolute Gasteiger partial charge is 0.248 e. The van der Waals surface area contributed by atoms with Crippen LogP contribution in [0.1, 0.15) is 23.1 Å². The van der Waals surface area contributed by atoms with Crippen LogP contribution in [-0.4, -0.2) is 71.7 Å². The van der Waals surface area contributed by atoms with E-state index >= 15 is 0 Å². The number of halogens is 1. The zero-order valence-electron chi connectivity index (χ0n) is 16.2. The predicted molar refractivity (Wildman–Crippen MR) is 104 cm³/mol. The highest BCUT2D eigenvalue weighted by Gasteiger charge is 2.35. The molecule has 1 N–H and O–H groups in total. The van der Waals surface area contributed by atoms with Crippen LogP contribution in [0.2, 0.25) is 0 Å². The Morgan fingerprint density at radius 1 is 1.25 bits per heavy atom. The number of carbonyl (C=O) groups is 1. The minimum Gasteiger partial charge on any atom is -0.360 e. The van der Waals surface area contributed by atoms with Gasteiger partial charge in [-0.05, 0) is 20.9 Å². The molecule has 1 amide bonds. The van der Waals surface area contributed by atoms with E-state index in [0.717, 1.165) is 5.56 Å². The van der Waals surface area contributed by atoms with Gasteiger partial charge >= 0.3 is 0 Å². The molecule has 1 atom stereocenters. The van der Waals surface area contributed by atoms with Crippen LogP contribution in [0, 0.1) is 13.8 Å². The number of aryl methyl sites for hydroxylation is 3. The number of nitrogens with one attached hydrogen (secondary N) is 1. The van der Waals surface area contributed by atoms with E-state index in [4.69, 9.17) is 4.52 Å². The van der Waals surface area contributed by atoms with Crippen molar-refractivity contribution < 1.29 is 17.7 Å². The highest BCUT2D eigenvalue weighted by atomic mass is 35.5. The van der Waals surface area contributed by atoms with E-state index in [1.54, 1.807) is 49.9 Å². The molecule has 2 aromatic heterocycles. The van der Waals surface area contributed by atoms with E-state index in [0.29, 0.717) is 18.8 Å². The van der Waals surface area contributed by atoms with E-state index in [9.17, 15) is 13.2 Å². The molecule has 0 spiro atoms. The Hall–Kier alpha value is -1.95. The van der Waals surface area contributed by atoms with Crippen LogP contribution in [0.3, 0.4) is 0 Å². The Kier molecular flexibility index (Phi) is 6.86. The van der Waals surface area contributed by atoms with E-state index < -0.39 is 16.1 Å². The summed E-state index contributed by atoms with van der Waals surface area (Å²) in [6, 6.07) is -0.510. The van der Waals surface area contributed by atoms with Crippen molar-refractivity contribution >= 4 is 28.3 Å². The number of sulfonamides is 1. The van der Waals surface area contributed by atoms with Crippen LogP contribution in [0.25, 0.3) is 0 Å². The minimum atomic E-state index is -3.69. The highest BCUT2D eigenvalue weighted by Crippen LogP contribution is 2.25. The summed E-state index contributed by atoms with van der Waals surface area (Å²) in [6.45, 7) is 4.27. The molecule has 1 unspecified atom stereocenters. The van der Waals surface area contributed by atoms with E-state index in [-0.39, 0.29) is 42.1 Å². The van der Waals surface area contributed by atoms with E-state index in [1.807, 2.05) is 0 Å². The Morgan fingerprint density at radius 3 is 2.36 bits per heavy atom. The molecule has 1 saturated heterocycles. The largest absolute Gasteiger partial charge is 0.360 e. The van der Waals surface area contributed by atoms with Crippen molar-refractivity contribution in [2.45, 2.75) is 24.8 Å². The maximum atomic E-state index is 12.9. The fraction of sp³-hybridized carbons (Fsp3) is 0.562. The van der Waals surface area contributed by atoms with Gasteiger partial charge < -0.3 is 14.7 Å². The number of amides is 1. The third-order valence-corrected chi connectivity index (χ3v) is 6.85. The van der Waals surface area contributed by atoms with Crippen LogP contribution >= 0.6 is 12.4 Å². The molecule has 1 aliphatic heterocycles. The summed E-state index contributed by atoms with van der Waals surface area (Å²) in [5, 5.41) is 10.8. The van der Waals surface area contributed by atoms with E-state index in [1.165, 1.54) is 4.31 Å². The number of piperazine rings is 1. The molecule has 12 heteroatoms. The molecule has 0 bridgehead atoms. The summed E-state index contributed by atoms with van der Waals surface area (Å²) in [5.41, 5.74) is 1.12. The third-order valence-electron chi connectivity index (χ3n) is 4.71. The number of hydrogen-bond donors (Lipinski definition) is 1. The lowest BCUT2D eigenvalue weighted by Gasteiger charge is -2.35. The molecule has 28 heavy (non-hydrogen) atoms. The maximum Gasteiger partial charge on any atom is 0.248 e. The van der Waals surface area contributed by atoms with E-state index in [2.05, 4.69) is 15.6 Å². The number of rotatable bonds is 5. The van der Waals surface area contributed by atoms with Gasteiger partial charge in [0.25, 0.3) is 0 Å². The molecule has 0 radical (unpaired) electrons. The Morgan fingerprint density at radius 2 is 1.89 bits per heavy atom. The maximum absolute atomic E-state index is 12.9. The molecular formula is C16H25ClN6O4S. The molecule has 3 heterocycles. The number of carbonyl (C=O) groups excluding carboxylic acids is 1. The quantitative estimate of drug-likeness (QED) is 0.719. The molecule has 10 nitrogen and oxygen atoms in total. The molecule has 2 aromatic rings. The van der Waals surface area contributed by atoms with Crippen molar-refractivity contribution in [1.29, 1.82) is 0 Å². The predicted octanol–water partition coefficient (Wildman–Crippen LogP) is 0.240. The van der Waals surface area contributed by atoms with Crippen LogP contribution in [-0.2, 0) is 21.9 Å². The highest BCUT2D eigenvalue weighted by molar-refractivity contribution is 7.89. The first-order chi connectivity index (χ1) is 12.8. The van der Waals surface area contributed by atoms with Gasteiger partial charge in [0.1, 0.15) is 16.6 Å². The van der Waals surface area contributed by atoms with Crippen molar-refractivity contribution in [3.05, 3.63) is 29.4 Å². The SMILES string of the molecule is CNC(C(=O)N1CCN(S(=O)(=O)c2c(C)noc2C)CC1)c1cnn(C)c1.Cl. The molecule has 0 aliphatic carbocycles. The molecule has 156 valence electrons. The van der Waals surface area contributed by atoms with Gasteiger partial charge in [-0.25, -0.2) is 8.42 Å². The van der Waals surface area contributed by atoms with Crippen LogP contribution in [0.4, 0.5) is 0 Å². The fourth-order valence-electron chi connectivity index (χ4n) is 3.33. The van der Waals surface area contributed by atoms with Crippen molar-refractivity contribution in [3.63, 3.8) is 0 Å². The lowest BCUT2D eigenvalue weighted by atomic mass is 10.1. The van der Waals surface area contributed by atoms with Gasteiger partial charge in [0, 0.05) is 45.0 Å². The summed E-state index contributed by atoms with van der Waals surface area (Å²) in [5.74, 6) is 0.178. The van der Waals surface area contributed by atoms with Gasteiger partial charge in [0.2, 0.25) is 15.9 Å². The molecular weight excluding hydrogens is 408 g/mol. The summed E-state index contributed by atoms with van der Waals surface area (Å²) < 4.78 is 33.8. The molecule has 1 fully saturated rings. The molecule has 0 aromatic carbocycles. The first-order valence-corrected chi connectivity index (χ1v) is 10.1. The second-order valence-electron chi connectivity index (χ2n) is 6.55. The summed E-state index contributed by atoms with van der Waals surface area (Å²) >= 11 is 0. The van der Waals surface area contributed by atoms with Crippen LogP contribution < -0.4 is 5.32 Å². The van der Waals surface area contributed by atoms with Crippen LogP contribution in [0.15, 0.2) is 21.8 Å². The Bertz CT molecular complexity index is 913. The molecule has 3 rings (SSSR count). The van der Waals surface area contributed by atoms with Gasteiger partial charge in [-0.2, -0.15) is 9.40 Å². The zero-order valence-corrected chi connectivity index (χ0v) is 17.9. The fourth-order valence-corrected chi connectivity index (χ4v) is 5.04. The molecule has 0 saturated carbocycles. The second kappa shape index (κ2) is 8.60. The van der Waals surface area contributed by atoms with Gasteiger partial charge in [-0.3, -0.25) is 9.48 Å². The third kappa shape index (κ3) is 4.07. The zero-order chi connectivity index (χ0) is 19.8. The standard InChI is InChI=1S/C16H24N6O4S.ClH/c1-11-15(12(2)26-19-11)27(24,25)22-7-5-21(6-8-22)16(23)14(17-3)13-9-18-20(4)10-13;/h9-10,14,17H,5-8H2,1-4H3;1H. The van der Waals surface area contributed by atoms with Gasteiger partial charge in [0.05, 0.1) is 6.20 Å². The summed E-state index contributed by atoms with van der Waals surface area (Å²) in [6.07, 6.45) is 3.44. The first kappa shape index (κ1) is 22.3.